The zero-order valence-corrected chi connectivity index (χ0v) is 15.4. The maximum absolute atomic E-state index is 13.3. The fraction of sp³-hybridized carbons (Fsp3) is 0.500. The minimum absolute atomic E-state index is 0.0447. The van der Waals surface area contributed by atoms with Gasteiger partial charge < -0.3 is 5.32 Å². The predicted molar refractivity (Wildman–Crippen MR) is 94.2 cm³/mol. The van der Waals surface area contributed by atoms with Gasteiger partial charge in [-0.15, -0.1) is 0 Å². The van der Waals surface area contributed by atoms with Crippen molar-refractivity contribution in [1.82, 2.24) is 15.1 Å². The normalized spacial score (nSPS) is 25.6. The van der Waals surface area contributed by atoms with Crippen molar-refractivity contribution < 1.29 is 13.6 Å². The number of benzene rings is 1. The van der Waals surface area contributed by atoms with E-state index in [4.69, 9.17) is 0 Å². The van der Waals surface area contributed by atoms with Crippen molar-refractivity contribution in [3.63, 3.8) is 0 Å². The summed E-state index contributed by atoms with van der Waals surface area (Å²) in [7, 11) is 1.55. The van der Waals surface area contributed by atoms with Crippen LogP contribution in [-0.4, -0.2) is 15.7 Å². The highest BCUT2D eigenvalue weighted by Gasteiger charge is 2.62. The van der Waals surface area contributed by atoms with Gasteiger partial charge in [0.1, 0.15) is 5.69 Å². The minimum atomic E-state index is -2.78. The lowest BCUT2D eigenvalue weighted by atomic mass is 9.74. The number of rotatable bonds is 3. The molecular weight excluding hydrogens is 336 g/mol. The number of fused-ring (bicyclic) bond motifs is 5. The number of carbonyl (C=O) groups is 1. The number of aromatic nitrogens is 2. The van der Waals surface area contributed by atoms with Crippen molar-refractivity contribution in [1.29, 1.82) is 0 Å². The maximum atomic E-state index is 13.3. The van der Waals surface area contributed by atoms with Gasteiger partial charge in [-0.3, -0.25) is 9.48 Å². The molecule has 0 radical (unpaired) electrons. The lowest BCUT2D eigenvalue weighted by Crippen LogP contribution is -2.51. The molecule has 0 aliphatic heterocycles. The number of hydrogen-bond acceptors (Lipinski definition) is 2. The van der Waals surface area contributed by atoms with Gasteiger partial charge in [0.2, 0.25) is 0 Å². The zero-order chi connectivity index (χ0) is 18.9. The lowest BCUT2D eigenvalue weighted by molar-refractivity contribution is 0.0797. The number of amides is 1. The Morgan fingerprint density at radius 1 is 1.38 bits per heavy atom. The van der Waals surface area contributed by atoms with E-state index in [2.05, 4.69) is 49.4 Å². The second-order valence-electron chi connectivity index (χ2n) is 8.17. The van der Waals surface area contributed by atoms with Gasteiger partial charge in [-0.2, -0.15) is 5.10 Å². The van der Waals surface area contributed by atoms with Gasteiger partial charge in [0.15, 0.2) is 0 Å². The predicted octanol–water partition coefficient (Wildman–Crippen LogP) is 4.21. The van der Waals surface area contributed by atoms with Crippen LogP contribution in [0.15, 0.2) is 24.4 Å². The molecule has 0 spiro atoms. The van der Waals surface area contributed by atoms with E-state index in [0.717, 1.165) is 18.4 Å². The van der Waals surface area contributed by atoms with Gasteiger partial charge in [0.25, 0.3) is 12.3 Å². The molecule has 2 aromatic rings. The molecule has 2 aliphatic rings. The molecule has 26 heavy (non-hydrogen) atoms. The third-order valence-electron chi connectivity index (χ3n) is 6.46. The topological polar surface area (TPSA) is 46.9 Å². The van der Waals surface area contributed by atoms with Gasteiger partial charge >= 0.3 is 0 Å². The fourth-order valence-electron chi connectivity index (χ4n) is 5.12. The summed E-state index contributed by atoms with van der Waals surface area (Å²) >= 11 is 0. The van der Waals surface area contributed by atoms with Gasteiger partial charge in [-0.05, 0) is 42.2 Å². The average Bonchev–Trinajstić information content (AvgIpc) is 3.12. The lowest BCUT2D eigenvalue weighted by Gasteiger charge is -2.39. The van der Waals surface area contributed by atoms with Crippen molar-refractivity contribution in [3.8, 4) is 0 Å². The number of hydrogen-bond donors (Lipinski definition) is 1. The highest BCUT2D eigenvalue weighted by atomic mass is 19.3. The summed E-state index contributed by atoms with van der Waals surface area (Å²) < 4.78 is 27.8. The number of aryl methyl sites for hydroxylation is 2. The Kier molecular flexibility index (Phi) is 3.56. The Balaban J connectivity index is 1.77. The molecule has 4 rings (SSSR count). The van der Waals surface area contributed by atoms with E-state index in [1.165, 1.54) is 22.0 Å². The summed E-state index contributed by atoms with van der Waals surface area (Å²) in [4.78, 5) is 13.0. The van der Waals surface area contributed by atoms with Crippen LogP contribution in [0.5, 0.6) is 0 Å². The van der Waals surface area contributed by atoms with E-state index < -0.39 is 23.6 Å². The van der Waals surface area contributed by atoms with Crippen LogP contribution in [-0.2, 0) is 12.6 Å². The third-order valence-corrected chi connectivity index (χ3v) is 6.46. The molecule has 2 atom stereocenters. The molecule has 0 saturated heterocycles. The van der Waals surface area contributed by atoms with E-state index in [-0.39, 0.29) is 11.0 Å². The maximum Gasteiger partial charge on any atom is 0.282 e. The van der Waals surface area contributed by atoms with Gasteiger partial charge in [0, 0.05) is 13.2 Å². The quantitative estimate of drug-likeness (QED) is 0.892. The van der Waals surface area contributed by atoms with Crippen LogP contribution in [0.25, 0.3) is 0 Å². The van der Waals surface area contributed by atoms with Crippen LogP contribution >= 0.6 is 0 Å². The van der Waals surface area contributed by atoms with Crippen LogP contribution in [0, 0.1) is 12.3 Å². The largest absolute Gasteiger partial charge is 0.342 e. The van der Waals surface area contributed by atoms with E-state index in [1.54, 1.807) is 7.05 Å². The molecule has 1 aromatic heterocycles. The molecule has 2 aliphatic carbocycles. The molecule has 2 unspecified atom stereocenters. The number of alkyl halides is 2. The van der Waals surface area contributed by atoms with Crippen LogP contribution in [0.1, 0.15) is 71.8 Å². The fourth-order valence-corrected chi connectivity index (χ4v) is 5.12. The molecule has 1 heterocycles. The van der Waals surface area contributed by atoms with Gasteiger partial charge in [0.05, 0.1) is 11.1 Å². The molecule has 1 aromatic carbocycles. The standard InChI is InChI=1S/C20H23F2N3O/c1-11-5-6-15-12(9-11)14-7-8-20(15,19(14,2)3)23-18(26)13-10-25(4)24-16(13)17(21)22/h5-6,9-10,14,17H,7-8H2,1-4H3,(H,23,26). The Morgan fingerprint density at radius 3 is 2.81 bits per heavy atom. The number of halogens is 2. The van der Waals surface area contributed by atoms with Gasteiger partial charge in [-0.1, -0.05) is 37.6 Å². The molecule has 2 bridgehead atoms. The van der Waals surface area contributed by atoms with E-state index in [0.29, 0.717) is 5.92 Å². The number of nitrogens with zero attached hydrogens (tertiary/aromatic N) is 2. The van der Waals surface area contributed by atoms with E-state index in [9.17, 15) is 13.6 Å². The molecule has 1 amide bonds. The SMILES string of the molecule is Cc1ccc2c(c1)C1CCC2(NC(=O)c2cn(C)nc2C(F)F)C1(C)C. The summed E-state index contributed by atoms with van der Waals surface area (Å²) in [5.74, 6) is -0.114. The molecule has 1 N–H and O–H groups in total. The molecule has 1 fully saturated rings. The minimum Gasteiger partial charge on any atom is -0.342 e. The Morgan fingerprint density at radius 2 is 2.12 bits per heavy atom. The second kappa shape index (κ2) is 5.38. The zero-order valence-electron chi connectivity index (χ0n) is 15.4. The highest BCUT2D eigenvalue weighted by molar-refractivity contribution is 5.96. The highest BCUT2D eigenvalue weighted by Crippen LogP contribution is 2.66. The third kappa shape index (κ3) is 2.10. The first-order valence-electron chi connectivity index (χ1n) is 8.92. The van der Waals surface area contributed by atoms with Crippen molar-refractivity contribution in [3.05, 3.63) is 52.3 Å². The first kappa shape index (κ1) is 17.2. The molecular formula is C20H23F2N3O. The summed E-state index contributed by atoms with van der Waals surface area (Å²) in [5, 5.41) is 6.91. The van der Waals surface area contributed by atoms with Crippen molar-refractivity contribution >= 4 is 5.91 Å². The van der Waals surface area contributed by atoms with E-state index in [1.807, 2.05) is 0 Å². The Labute approximate surface area is 151 Å². The Bertz CT molecular complexity index is 902. The molecule has 4 nitrogen and oxygen atoms in total. The first-order valence-corrected chi connectivity index (χ1v) is 8.92. The second-order valence-corrected chi connectivity index (χ2v) is 8.17. The average molecular weight is 359 g/mol. The van der Waals surface area contributed by atoms with Crippen LogP contribution in [0.2, 0.25) is 0 Å². The van der Waals surface area contributed by atoms with Crippen LogP contribution in [0.3, 0.4) is 0 Å². The summed E-state index contributed by atoms with van der Waals surface area (Å²) in [6.45, 7) is 6.39. The summed E-state index contributed by atoms with van der Waals surface area (Å²) in [6.07, 6.45) is 0.393. The van der Waals surface area contributed by atoms with Crippen molar-refractivity contribution in [2.75, 3.05) is 0 Å². The summed E-state index contributed by atoms with van der Waals surface area (Å²) in [5.41, 5.74) is 2.38. The van der Waals surface area contributed by atoms with Crippen LogP contribution < -0.4 is 5.32 Å². The smallest absolute Gasteiger partial charge is 0.282 e. The molecule has 1 saturated carbocycles. The van der Waals surface area contributed by atoms with Crippen molar-refractivity contribution in [2.45, 2.75) is 51.5 Å². The Hall–Kier alpha value is -2.24. The van der Waals surface area contributed by atoms with E-state index >= 15 is 0 Å². The van der Waals surface area contributed by atoms with Crippen molar-refractivity contribution in [2.24, 2.45) is 12.5 Å². The summed E-state index contributed by atoms with van der Waals surface area (Å²) in [6, 6.07) is 6.34. The number of nitrogens with one attached hydrogen (secondary N) is 1. The monoisotopic (exact) mass is 359 g/mol. The molecule has 6 heteroatoms. The molecule has 138 valence electrons. The van der Waals surface area contributed by atoms with Gasteiger partial charge in [-0.25, -0.2) is 8.78 Å². The van der Waals surface area contributed by atoms with Crippen LogP contribution in [0.4, 0.5) is 8.78 Å². The first-order chi connectivity index (χ1) is 12.2. The number of carbonyl (C=O) groups excluding carboxylic acids is 1.